The maximum Gasteiger partial charge on any atom is 0.292 e. The Balaban J connectivity index is 1.60. The van der Waals surface area contributed by atoms with Gasteiger partial charge in [0.25, 0.3) is 5.24 Å². The highest BCUT2D eigenvalue weighted by atomic mass is 35.5. The molecule has 2 saturated heterocycles. The first kappa shape index (κ1) is 18.7. The molecule has 0 unspecified atom stereocenters. The van der Waals surface area contributed by atoms with E-state index in [1.54, 1.807) is 12.1 Å². The maximum absolute atomic E-state index is 12.7. The lowest BCUT2D eigenvalue weighted by Gasteiger charge is -2.34. The molecule has 0 aliphatic carbocycles. The molecule has 3 rings (SSSR count). The van der Waals surface area contributed by atoms with Gasteiger partial charge in [0.15, 0.2) is 6.67 Å². The Labute approximate surface area is 155 Å². The number of amides is 2. The fourth-order valence-electron chi connectivity index (χ4n) is 2.87. The summed E-state index contributed by atoms with van der Waals surface area (Å²) in [7, 11) is -3.55. The van der Waals surface area contributed by atoms with E-state index < -0.39 is 10.0 Å². The van der Waals surface area contributed by atoms with Crippen molar-refractivity contribution in [3.05, 3.63) is 29.3 Å². The van der Waals surface area contributed by atoms with Crippen LogP contribution in [0.2, 0.25) is 5.02 Å². The molecule has 25 heavy (non-hydrogen) atoms. The molecule has 1 aromatic rings. The molecule has 136 valence electrons. The molecule has 0 bridgehead atoms. The van der Waals surface area contributed by atoms with Gasteiger partial charge in [-0.2, -0.15) is 4.31 Å². The van der Waals surface area contributed by atoms with E-state index in [2.05, 4.69) is 0 Å². The minimum atomic E-state index is -3.55. The highest BCUT2D eigenvalue weighted by Gasteiger charge is 2.34. The zero-order valence-electron chi connectivity index (χ0n) is 13.5. The lowest BCUT2D eigenvalue weighted by atomic mass is 10.3. The van der Waals surface area contributed by atoms with Gasteiger partial charge < -0.3 is 4.90 Å². The highest BCUT2D eigenvalue weighted by Crippen LogP contribution is 2.19. The fourth-order valence-corrected chi connectivity index (χ4v) is 5.21. The number of thioether (sulfide) groups is 1. The average Bonchev–Trinajstić information content (AvgIpc) is 2.59. The molecule has 2 aliphatic heterocycles. The molecule has 10 heteroatoms. The Bertz CT molecular complexity index is 745. The molecule has 0 aromatic heterocycles. The molecular weight excluding hydrogens is 386 g/mol. The second-order valence-corrected chi connectivity index (χ2v) is 9.37. The fraction of sp³-hybridized carbons (Fsp3) is 0.467. The SMILES string of the molecule is O=C1CCSC(=O)N1C[NH+]1CCN(S(=O)(=O)c2ccc(Cl)cc2)CC1. The van der Waals surface area contributed by atoms with Crippen LogP contribution in [0.25, 0.3) is 0 Å². The van der Waals surface area contributed by atoms with E-state index in [9.17, 15) is 18.0 Å². The van der Waals surface area contributed by atoms with Crippen molar-refractivity contribution in [1.29, 1.82) is 0 Å². The zero-order chi connectivity index (χ0) is 18.0. The zero-order valence-corrected chi connectivity index (χ0v) is 15.9. The molecule has 0 saturated carbocycles. The summed E-state index contributed by atoms with van der Waals surface area (Å²) < 4.78 is 26.7. The second kappa shape index (κ2) is 7.63. The third-order valence-electron chi connectivity index (χ3n) is 4.33. The molecule has 2 aliphatic rings. The summed E-state index contributed by atoms with van der Waals surface area (Å²) in [5.74, 6) is 0.392. The monoisotopic (exact) mass is 404 g/mol. The van der Waals surface area contributed by atoms with Crippen LogP contribution in [0.4, 0.5) is 4.79 Å². The van der Waals surface area contributed by atoms with Gasteiger partial charge in [-0.1, -0.05) is 23.4 Å². The van der Waals surface area contributed by atoms with Crippen LogP contribution in [-0.2, 0) is 14.8 Å². The Morgan fingerprint density at radius 2 is 1.76 bits per heavy atom. The molecule has 7 nitrogen and oxygen atoms in total. The molecule has 0 atom stereocenters. The molecular formula is C15H19ClN3O4S2+. The largest absolute Gasteiger partial charge is 0.315 e. The number of sulfonamides is 1. The van der Waals surface area contributed by atoms with E-state index in [-0.39, 0.29) is 16.0 Å². The smallest absolute Gasteiger partial charge is 0.292 e. The Hall–Kier alpha value is -1.13. The maximum atomic E-state index is 12.7. The molecule has 2 fully saturated rings. The van der Waals surface area contributed by atoms with E-state index >= 15 is 0 Å². The Morgan fingerprint density at radius 3 is 2.36 bits per heavy atom. The number of hydrogen-bond acceptors (Lipinski definition) is 5. The summed E-state index contributed by atoms with van der Waals surface area (Å²) in [6.45, 7) is 2.11. The molecule has 0 spiro atoms. The predicted molar refractivity (Wildman–Crippen MR) is 95.1 cm³/mol. The predicted octanol–water partition coefficient (Wildman–Crippen LogP) is 0.272. The quantitative estimate of drug-likeness (QED) is 0.779. The number of nitrogens with one attached hydrogen (secondary N) is 1. The number of hydrogen-bond donors (Lipinski definition) is 1. The molecule has 1 N–H and O–H groups in total. The lowest BCUT2D eigenvalue weighted by molar-refractivity contribution is -0.910. The summed E-state index contributed by atoms with van der Waals surface area (Å²) >= 11 is 6.97. The standard InChI is InChI=1S/C15H18ClN3O4S2/c16-12-1-3-13(4-2-12)25(22,23)18-8-6-17(7-9-18)11-19-14(20)5-10-24-15(19)21/h1-4H,5-11H2/p+1. The third-order valence-corrected chi connectivity index (χ3v) is 7.37. The van der Waals surface area contributed by atoms with Crippen molar-refractivity contribution >= 4 is 44.5 Å². The van der Waals surface area contributed by atoms with Gasteiger partial charge in [0.05, 0.1) is 31.1 Å². The lowest BCUT2D eigenvalue weighted by Crippen LogP contribution is -3.16. The molecule has 2 heterocycles. The number of carbonyl (C=O) groups excluding carboxylic acids is 2. The van der Waals surface area contributed by atoms with Crippen LogP contribution in [0.5, 0.6) is 0 Å². The van der Waals surface area contributed by atoms with Gasteiger partial charge in [-0.15, -0.1) is 0 Å². The summed E-state index contributed by atoms with van der Waals surface area (Å²) in [5, 5.41) is 0.280. The highest BCUT2D eigenvalue weighted by molar-refractivity contribution is 8.13. The number of piperazine rings is 1. The van der Waals surface area contributed by atoms with E-state index in [4.69, 9.17) is 11.6 Å². The summed E-state index contributed by atoms with van der Waals surface area (Å²) in [6, 6.07) is 6.11. The van der Waals surface area contributed by atoms with Gasteiger partial charge in [-0.25, -0.2) is 13.3 Å². The van der Waals surface area contributed by atoms with Crippen molar-refractivity contribution < 1.29 is 22.9 Å². The van der Waals surface area contributed by atoms with Gasteiger partial charge in [0.1, 0.15) is 0 Å². The summed E-state index contributed by atoms with van der Waals surface area (Å²) in [4.78, 5) is 26.3. The first-order valence-corrected chi connectivity index (χ1v) is 10.7. The minimum absolute atomic E-state index is 0.146. The first-order valence-electron chi connectivity index (χ1n) is 7.94. The van der Waals surface area contributed by atoms with Gasteiger partial charge in [-0.05, 0) is 24.3 Å². The number of benzene rings is 1. The van der Waals surface area contributed by atoms with Crippen LogP contribution in [0.3, 0.4) is 0 Å². The normalized spacial score (nSPS) is 20.9. The van der Waals surface area contributed by atoms with Gasteiger partial charge in [0, 0.05) is 17.2 Å². The summed E-state index contributed by atoms with van der Waals surface area (Å²) in [6.07, 6.45) is 0.376. The van der Waals surface area contributed by atoms with E-state index in [0.717, 1.165) is 16.7 Å². The van der Waals surface area contributed by atoms with Crippen molar-refractivity contribution in [3.63, 3.8) is 0 Å². The Kier molecular flexibility index (Phi) is 5.69. The van der Waals surface area contributed by atoms with E-state index in [1.165, 1.54) is 21.3 Å². The molecule has 1 aromatic carbocycles. The van der Waals surface area contributed by atoms with Crippen LogP contribution >= 0.6 is 23.4 Å². The van der Waals surface area contributed by atoms with E-state index in [1.807, 2.05) is 0 Å². The second-order valence-electron chi connectivity index (χ2n) is 5.95. The number of nitrogens with zero attached hydrogens (tertiary/aromatic N) is 2. The number of carbonyl (C=O) groups is 2. The topological polar surface area (TPSA) is 79.2 Å². The van der Waals surface area contributed by atoms with Gasteiger partial charge >= 0.3 is 0 Å². The van der Waals surface area contributed by atoms with Crippen LogP contribution in [-0.4, -0.2) is 67.4 Å². The minimum Gasteiger partial charge on any atom is -0.315 e. The van der Waals surface area contributed by atoms with Crippen LogP contribution in [0.1, 0.15) is 6.42 Å². The molecule has 0 radical (unpaired) electrons. The summed E-state index contributed by atoms with van der Waals surface area (Å²) in [5.41, 5.74) is 0. The number of halogens is 1. The average molecular weight is 405 g/mol. The van der Waals surface area contributed by atoms with Crippen molar-refractivity contribution in [2.45, 2.75) is 11.3 Å². The Morgan fingerprint density at radius 1 is 1.12 bits per heavy atom. The van der Waals surface area contributed by atoms with Crippen molar-refractivity contribution in [1.82, 2.24) is 9.21 Å². The van der Waals surface area contributed by atoms with E-state index in [0.29, 0.717) is 50.0 Å². The number of quaternary nitrogens is 1. The first-order chi connectivity index (χ1) is 11.9. The van der Waals surface area contributed by atoms with Crippen molar-refractivity contribution in [2.24, 2.45) is 0 Å². The van der Waals surface area contributed by atoms with Crippen molar-refractivity contribution in [3.8, 4) is 0 Å². The number of imide groups is 1. The van der Waals surface area contributed by atoms with Gasteiger partial charge in [0.2, 0.25) is 15.9 Å². The van der Waals surface area contributed by atoms with Crippen LogP contribution in [0, 0.1) is 0 Å². The third kappa shape index (κ3) is 4.17. The van der Waals surface area contributed by atoms with Gasteiger partial charge in [-0.3, -0.25) is 9.59 Å². The van der Waals surface area contributed by atoms with Crippen LogP contribution in [0.15, 0.2) is 29.2 Å². The molecule has 2 amide bonds. The van der Waals surface area contributed by atoms with Crippen LogP contribution < -0.4 is 4.90 Å². The number of rotatable bonds is 4. The van der Waals surface area contributed by atoms with Crippen molar-refractivity contribution in [2.75, 3.05) is 38.6 Å².